The van der Waals surface area contributed by atoms with Gasteiger partial charge in [0, 0.05) is 17.1 Å². The molecule has 4 rings (SSSR count). The van der Waals surface area contributed by atoms with Crippen molar-refractivity contribution in [1.82, 2.24) is 30.3 Å². The predicted molar refractivity (Wildman–Crippen MR) is 129 cm³/mol. The predicted octanol–water partition coefficient (Wildman–Crippen LogP) is 4.77. The Labute approximate surface area is 197 Å². The van der Waals surface area contributed by atoms with Crippen molar-refractivity contribution in [3.8, 4) is 5.69 Å². The lowest BCUT2D eigenvalue weighted by Crippen LogP contribution is -2.28. The van der Waals surface area contributed by atoms with Gasteiger partial charge in [-0.05, 0) is 51.5 Å². The summed E-state index contributed by atoms with van der Waals surface area (Å²) in [7, 11) is 0. The van der Waals surface area contributed by atoms with Crippen LogP contribution in [0.2, 0.25) is 0 Å². The minimum absolute atomic E-state index is 0.161. The molecule has 0 saturated heterocycles. The van der Waals surface area contributed by atoms with Gasteiger partial charge in [0.25, 0.3) is 5.91 Å². The van der Waals surface area contributed by atoms with Crippen molar-refractivity contribution in [3.05, 3.63) is 94.6 Å². The Hall–Kier alpha value is -3.52. The molecular formula is C25H26N6OS. The first-order chi connectivity index (χ1) is 15.9. The standard InChI is InChI=1S/C25H26N6OS/c1-16-10-12-21(13-11-16)31-22(15-33-25-26-17(2)14-18(3)27-25)23(29-30-31)24(32)28-19(4)20-8-6-5-7-9-20/h5-14,19H,15H2,1-4H3,(H,28,32). The molecule has 1 N–H and O–H groups in total. The van der Waals surface area contributed by atoms with Gasteiger partial charge >= 0.3 is 0 Å². The molecule has 0 aliphatic heterocycles. The van der Waals surface area contributed by atoms with Crippen LogP contribution in [0.4, 0.5) is 0 Å². The van der Waals surface area contributed by atoms with Crippen molar-refractivity contribution in [3.63, 3.8) is 0 Å². The van der Waals surface area contributed by atoms with E-state index in [9.17, 15) is 4.79 Å². The number of aryl methyl sites for hydroxylation is 3. The van der Waals surface area contributed by atoms with Gasteiger partial charge in [-0.1, -0.05) is 65.0 Å². The highest BCUT2D eigenvalue weighted by molar-refractivity contribution is 7.98. The summed E-state index contributed by atoms with van der Waals surface area (Å²) in [6.07, 6.45) is 0. The van der Waals surface area contributed by atoms with E-state index < -0.39 is 0 Å². The number of hydrogen-bond donors (Lipinski definition) is 1. The minimum atomic E-state index is -0.262. The van der Waals surface area contributed by atoms with Crippen molar-refractivity contribution < 1.29 is 4.79 Å². The summed E-state index contributed by atoms with van der Waals surface area (Å²) in [5, 5.41) is 12.3. The Morgan fingerprint density at radius 1 is 1.00 bits per heavy atom. The van der Waals surface area contributed by atoms with E-state index in [4.69, 9.17) is 0 Å². The fraction of sp³-hybridized carbons (Fsp3) is 0.240. The normalized spacial score (nSPS) is 11.9. The summed E-state index contributed by atoms with van der Waals surface area (Å²) in [4.78, 5) is 22.2. The van der Waals surface area contributed by atoms with Gasteiger partial charge in [0.2, 0.25) is 0 Å². The van der Waals surface area contributed by atoms with Crippen molar-refractivity contribution in [2.45, 2.75) is 44.6 Å². The zero-order chi connectivity index (χ0) is 23.4. The number of amides is 1. The van der Waals surface area contributed by atoms with Gasteiger partial charge in [-0.2, -0.15) is 0 Å². The molecular weight excluding hydrogens is 432 g/mol. The summed E-state index contributed by atoms with van der Waals surface area (Å²) < 4.78 is 1.72. The van der Waals surface area contributed by atoms with E-state index in [0.29, 0.717) is 22.3 Å². The smallest absolute Gasteiger partial charge is 0.274 e. The van der Waals surface area contributed by atoms with Crippen LogP contribution in [0, 0.1) is 20.8 Å². The third kappa shape index (κ3) is 5.46. The summed E-state index contributed by atoms with van der Waals surface area (Å²) in [6.45, 7) is 7.87. The van der Waals surface area contributed by atoms with Crippen LogP contribution in [-0.2, 0) is 5.75 Å². The molecule has 1 atom stereocenters. The van der Waals surface area contributed by atoms with Crippen LogP contribution in [-0.4, -0.2) is 30.9 Å². The molecule has 1 amide bonds. The first-order valence-corrected chi connectivity index (χ1v) is 11.7. The summed E-state index contributed by atoms with van der Waals surface area (Å²) >= 11 is 1.46. The Morgan fingerprint density at radius 3 is 2.33 bits per heavy atom. The zero-order valence-electron chi connectivity index (χ0n) is 19.1. The highest BCUT2D eigenvalue weighted by Crippen LogP contribution is 2.24. The third-order valence-corrected chi connectivity index (χ3v) is 6.06. The molecule has 0 aliphatic rings. The maximum Gasteiger partial charge on any atom is 0.274 e. The molecule has 1 unspecified atom stereocenters. The quantitative estimate of drug-likeness (QED) is 0.317. The van der Waals surface area contributed by atoms with Gasteiger partial charge in [0.05, 0.1) is 17.4 Å². The fourth-order valence-corrected chi connectivity index (χ4v) is 4.42. The molecule has 0 fully saturated rings. The number of carbonyl (C=O) groups excluding carboxylic acids is 1. The van der Waals surface area contributed by atoms with Crippen LogP contribution in [0.1, 0.15) is 51.7 Å². The van der Waals surface area contributed by atoms with E-state index in [2.05, 4.69) is 25.6 Å². The van der Waals surface area contributed by atoms with Crippen LogP contribution in [0.5, 0.6) is 0 Å². The molecule has 2 heterocycles. The van der Waals surface area contributed by atoms with Crippen molar-refractivity contribution >= 4 is 17.7 Å². The Bertz CT molecular complexity index is 1230. The van der Waals surface area contributed by atoms with E-state index in [1.807, 2.05) is 88.4 Å². The molecule has 33 heavy (non-hydrogen) atoms. The molecule has 2 aromatic carbocycles. The van der Waals surface area contributed by atoms with Gasteiger partial charge in [0.15, 0.2) is 10.9 Å². The summed E-state index contributed by atoms with van der Waals surface area (Å²) in [6, 6.07) is 19.6. The third-order valence-electron chi connectivity index (χ3n) is 5.20. The molecule has 0 radical (unpaired) electrons. The number of benzene rings is 2. The average molecular weight is 459 g/mol. The van der Waals surface area contributed by atoms with Crippen LogP contribution in [0.15, 0.2) is 65.8 Å². The molecule has 0 saturated carbocycles. The number of hydrogen-bond acceptors (Lipinski definition) is 6. The maximum atomic E-state index is 13.2. The average Bonchev–Trinajstić information content (AvgIpc) is 3.22. The van der Waals surface area contributed by atoms with Gasteiger partial charge < -0.3 is 5.32 Å². The second-order valence-electron chi connectivity index (χ2n) is 7.96. The van der Waals surface area contributed by atoms with Crippen LogP contribution in [0.25, 0.3) is 5.69 Å². The van der Waals surface area contributed by atoms with E-state index in [1.54, 1.807) is 4.68 Å². The molecule has 168 valence electrons. The molecule has 8 heteroatoms. The second kappa shape index (κ2) is 9.95. The minimum Gasteiger partial charge on any atom is -0.344 e. The van der Waals surface area contributed by atoms with E-state index >= 15 is 0 Å². The van der Waals surface area contributed by atoms with Gasteiger partial charge in [0.1, 0.15) is 0 Å². The Kier molecular flexibility index (Phi) is 6.84. The molecule has 0 spiro atoms. The summed E-state index contributed by atoms with van der Waals surface area (Å²) in [5.74, 6) is 0.188. The molecule has 0 aliphatic carbocycles. The first-order valence-electron chi connectivity index (χ1n) is 10.7. The lowest BCUT2D eigenvalue weighted by molar-refractivity contribution is 0.0934. The number of thioether (sulfide) groups is 1. The van der Waals surface area contributed by atoms with Crippen molar-refractivity contribution in [2.75, 3.05) is 0 Å². The van der Waals surface area contributed by atoms with Gasteiger partial charge in [-0.15, -0.1) is 5.10 Å². The molecule has 4 aromatic rings. The maximum absolute atomic E-state index is 13.2. The largest absolute Gasteiger partial charge is 0.344 e. The van der Waals surface area contributed by atoms with Crippen molar-refractivity contribution in [2.24, 2.45) is 0 Å². The Morgan fingerprint density at radius 2 is 1.67 bits per heavy atom. The SMILES string of the molecule is Cc1ccc(-n2nnc(C(=O)NC(C)c3ccccc3)c2CSc2nc(C)cc(C)n2)cc1. The van der Waals surface area contributed by atoms with Crippen LogP contribution >= 0.6 is 11.8 Å². The van der Waals surface area contributed by atoms with E-state index in [-0.39, 0.29) is 11.9 Å². The highest BCUT2D eigenvalue weighted by Gasteiger charge is 2.23. The Balaban J connectivity index is 1.64. The topological polar surface area (TPSA) is 85.6 Å². The number of nitrogens with one attached hydrogen (secondary N) is 1. The summed E-state index contributed by atoms with van der Waals surface area (Å²) in [5.41, 5.74) is 5.83. The number of rotatable bonds is 7. The number of aromatic nitrogens is 5. The lowest BCUT2D eigenvalue weighted by atomic mass is 10.1. The van der Waals surface area contributed by atoms with E-state index in [0.717, 1.165) is 28.2 Å². The van der Waals surface area contributed by atoms with E-state index in [1.165, 1.54) is 11.8 Å². The second-order valence-corrected chi connectivity index (χ2v) is 8.90. The van der Waals surface area contributed by atoms with Gasteiger partial charge in [-0.3, -0.25) is 4.79 Å². The monoisotopic (exact) mass is 458 g/mol. The highest BCUT2D eigenvalue weighted by atomic mass is 32.2. The number of nitrogens with zero attached hydrogens (tertiary/aromatic N) is 5. The first kappa shape index (κ1) is 22.7. The van der Waals surface area contributed by atoms with Crippen molar-refractivity contribution in [1.29, 1.82) is 0 Å². The zero-order valence-corrected chi connectivity index (χ0v) is 19.9. The van der Waals surface area contributed by atoms with Crippen LogP contribution < -0.4 is 5.32 Å². The number of carbonyl (C=O) groups is 1. The fourth-order valence-electron chi connectivity index (χ4n) is 3.48. The molecule has 0 bridgehead atoms. The van der Waals surface area contributed by atoms with Crippen LogP contribution in [0.3, 0.4) is 0 Å². The molecule has 7 nitrogen and oxygen atoms in total. The molecule has 2 aromatic heterocycles. The van der Waals surface area contributed by atoms with Gasteiger partial charge in [-0.25, -0.2) is 14.6 Å². The lowest BCUT2D eigenvalue weighted by Gasteiger charge is -2.14.